The van der Waals surface area contributed by atoms with Crippen LogP contribution in [0.2, 0.25) is 0 Å². The number of carbonyl (C=O) groups excluding carboxylic acids is 1. The molecular weight excluding hydrogens is 228 g/mol. The number of oxime groups is 1. The molecule has 0 spiro atoms. The molecule has 16 heavy (non-hydrogen) atoms. The van der Waals surface area contributed by atoms with Gasteiger partial charge in [-0.1, -0.05) is 18.5 Å². The van der Waals surface area contributed by atoms with Crippen molar-refractivity contribution in [1.29, 1.82) is 0 Å². The van der Waals surface area contributed by atoms with Crippen molar-refractivity contribution in [2.24, 2.45) is 10.9 Å². The first kappa shape index (κ1) is 12.4. The van der Waals surface area contributed by atoms with Gasteiger partial charge in [0.2, 0.25) is 0 Å². The number of unbranched alkanes of at least 4 members (excludes halogenated alkanes) is 1. The predicted octanol–water partition coefficient (Wildman–Crippen LogP) is 0.731. The zero-order chi connectivity index (χ0) is 12.0. The lowest BCUT2D eigenvalue weighted by Gasteiger charge is -2.00. The van der Waals surface area contributed by atoms with Crippen molar-refractivity contribution in [2.45, 2.75) is 19.8 Å². The average Bonchev–Trinajstić information content (AvgIpc) is 2.64. The van der Waals surface area contributed by atoms with E-state index in [1.54, 1.807) is 5.38 Å². The Morgan fingerprint density at radius 2 is 2.44 bits per heavy atom. The minimum atomic E-state index is -0.679. The predicted molar refractivity (Wildman–Crippen MR) is 63.1 cm³/mol. The number of carbonyl (C=O) groups is 1. The van der Waals surface area contributed by atoms with Crippen molar-refractivity contribution < 1.29 is 9.63 Å². The fourth-order valence-corrected chi connectivity index (χ4v) is 1.48. The van der Waals surface area contributed by atoms with E-state index in [-0.39, 0.29) is 5.71 Å². The van der Waals surface area contributed by atoms with E-state index >= 15 is 0 Å². The number of hydrogen-bond acceptors (Lipinski definition) is 6. The Morgan fingerprint density at radius 3 is 2.94 bits per heavy atom. The molecule has 0 saturated carbocycles. The van der Waals surface area contributed by atoms with Gasteiger partial charge in [-0.25, -0.2) is 4.98 Å². The third-order valence-electron chi connectivity index (χ3n) is 1.74. The summed E-state index contributed by atoms with van der Waals surface area (Å²) >= 11 is 1.22. The first-order valence-corrected chi connectivity index (χ1v) is 5.74. The summed E-state index contributed by atoms with van der Waals surface area (Å²) in [5.41, 5.74) is 11.0. The molecule has 88 valence electrons. The zero-order valence-corrected chi connectivity index (χ0v) is 9.79. The Hall–Kier alpha value is -1.63. The van der Waals surface area contributed by atoms with Crippen LogP contribution in [0, 0.1) is 0 Å². The number of thiazole rings is 1. The smallest absolute Gasteiger partial charge is 0.273 e. The van der Waals surface area contributed by atoms with E-state index in [0.29, 0.717) is 17.4 Å². The van der Waals surface area contributed by atoms with E-state index in [1.807, 2.05) is 6.92 Å². The van der Waals surface area contributed by atoms with Gasteiger partial charge in [0, 0.05) is 5.38 Å². The molecule has 1 aromatic heterocycles. The van der Waals surface area contributed by atoms with Crippen molar-refractivity contribution in [3.63, 3.8) is 0 Å². The van der Waals surface area contributed by atoms with Gasteiger partial charge < -0.3 is 16.3 Å². The highest BCUT2D eigenvalue weighted by Crippen LogP contribution is 2.12. The zero-order valence-electron chi connectivity index (χ0n) is 8.97. The fourth-order valence-electron chi connectivity index (χ4n) is 0.933. The second-order valence-electron chi connectivity index (χ2n) is 3.06. The monoisotopic (exact) mass is 242 g/mol. The molecular formula is C9H14N4O2S. The Balaban J connectivity index is 2.71. The van der Waals surface area contributed by atoms with E-state index in [2.05, 4.69) is 10.1 Å². The molecule has 1 aromatic rings. The molecule has 0 unspecified atom stereocenters. The fraction of sp³-hybridized carbons (Fsp3) is 0.444. The third-order valence-corrected chi connectivity index (χ3v) is 2.42. The van der Waals surface area contributed by atoms with Crippen LogP contribution in [0.1, 0.15) is 25.5 Å². The lowest BCUT2D eigenvalue weighted by Crippen LogP contribution is -2.25. The van der Waals surface area contributed by atoms with Crippen LogP contribution in [0.5, 0.6) is 0 Å². The first-order valence-electron chi connectivity index (χ1n) is 4.86. The third kappa shape index (κ3) is 3.50. The summed E-state index contributed by atoms with van der Waals surface area (Å²) in [5.74, 6) is -0.679. The number of nitrogen functional groups attached to an aromatic ring is 1. The van der Waals surface area contributed by atoms with E-state index in [0.717, 1.165) is 12.8 Å². The van der Waals surface area contributed by atoms with Crippen LogP contribution in [0.3, 0.4) is 0 Å². The van der Waals surface area contributed by atoms with Crippen molar-refractivity contribution in [2.75, 3.05) is 12.3 Å². The molecule has 1 amide bonds. The number of aromatic nitrogens is 1. The van der Waals surface area contributed by atoms with Crippen LogP contribution >= 0.6 is 11.3 Å². The molecule has 0 aliphatic heterocycles. The Bertz CT molecular complexity index is 389. The quantitative estimate of drug-likeness (QED) is 0.436. The summed E-state index contributed by atoms with van der Waals surface area (Å²) in [5, 5.41) is 5.65. The Kier molecular flexibility index (Phi) is 4.71. The van der Waals surface area contributed by atoms with E-state index in [4.69, 9.17) is 16.3 Å². The summed E-state index contributed by atoms with van der Waals surface area (Å²) in [6.45, 7) is 2.48. The van der Waals surface area contributed by atoms with Crippen LogP contribution in [0.4, 0.5) is 5.13 Å². The van der Waals surface area contributed by atoms with Gasteiger partial charge in [0.05, 0.1) is 0 Å². The maximum Gasteiger partial charge on any atom is 0.273 e. The molecule has 0 atom stereocenters. The summed E-state index contributed by atoms with van der Waals surface area (Å²) < 4.78 is 0. The number of rotatable bonds is 6. The van der Waals surface area contributed by atoms with Gasteiger partial charge in [0.15, 0.2) is 10.8 Å². The number of nitrogens with two attached hydrogens (primary N) is 2. The molecule has 6 nitrogen and oxygen atoms in total. The van der Waals surface area contributed by atoms with Crippen LogP contribution < -0.4 is 11.5 Å². The summed E-state index contributed by atoms with van der Waals surface area (Å²) in [6, 6.07) is 0. The molecule has 1 rings (SSSR count). The van der Waals surface area contributed by atoms with Gasteiger partial charge in [-0.15, -0.1) is 11.3 Å². The Morgan fingerprint density at radius 1 is 1.69 bits per heavy atom. The van der Waals surface area contributed by atoms with E-state index < -0.39 is 5.91 Å². The average molecular weight is 242 g/mol. The number of anilines is 1. The van der Waals surface area contributed by atoms with Crippen LogP contribution in [0.25, 0.3) is 0 Å². The molecule has 0 radical (unpaired) electrons. The van der Waals surface area contributed by atoms with Crippen molar-refractivity contribution in [3.8, 4) is 0 Å². The number of primary amides is 1. The minimum absolute atomic E-state index is 0.00375. The summed E-state index contributed by atoms with van der Waals surface area (Å²) in [6.07, 6.45) is 1.86. The van der Waals surface area contributed by atoms with Crippen LogP contribution in [-0.2, 0) is 9.63 Å². The van der Waals surface area contributed by atoms with E-state index in [1.165, 1.54) is 11.3 Å². The lowest BCUT2D eigenvalue weighted by molar-refractivity contribution is -0.112. The van der Waals surface area contributed by atoms with E-state index in [9.17, 15) is 4.79 Å². The molecule has 0 aliphatic rings. The topological polar surface area (TPSA) is 104 Å². The molecule has 1 heterocycles. The Labute approximate surface area is 97.3 Å². The molecule has 0 aliphatic carbocycles. The van der Waals surface area contributed by atoms with Crippen molar-refractivity contribution in [1.82, 2.24) is 4.98 Å². The second-order valence-corrected chi connectivity index (χ2v) is 3.95. The van der Waals surface area contributed by atoms with Gasteiger partial charge in [-0.05, 0) is 6.42 Å². The highest BCUT2D eigenvalue weighted by atomic mass is 32.1. The standard InChI is InChI=1S/C9H14N4O2S/c1-2-3-4-15-13-7(8(10)14)6-5-16-9(11)12-6/h5H,2-4H2,1H3,(H2,10,14)(H2,11,12)/b13-7+. The normalized spacial score (nSPS) is 11.4. The number of nitrogens with zero attached hydrogens (tertiary/aromatic N) is 2. The lowest BCUT2D eigenvalue weighted by atomic mass is 10.3. The van der Waals surface area contributed by atoms with Gasteiger partial charge >= 0.3 is 0 Å². The molecule has 0 bridgehead atoms. The summed E-state index contributed by atoms with van der Waals surface area (Å²) in [4.78, 5) is 20.0. The SMILES string of the molecule is CCCCO/N=C(/C(N)=O)c1csc(N)n1. The highest BCUT2D eigenvalue weighted by molar-refractivity contribution is 7.13. The highest BCUT2D eigenvalue weighted by Gasteiger charge is 2.14. The maximum atomic E-state index is 11.1. The second kappa shape index (κ2) is 6.06. The first-order chi connectivity index (χ1) is 7.65. The molecule has 4 N–H and O–H groups in total. The maximum absolute atomic E-state index is 11.1. The van der Waals surface area contributed by atoms with Crippen molar-refractivity contribution in [3.05, 3.63) is 11.1 Å². The van der Waals surface area contributed by atoms with Gasteiger partial charge in [0.25, 0.3) is 5.91 Å². The molecule has 0 aromatic carbocycles. The van der Waals surface area contributed by atoms with Gasteiger partial charge in [-0.2, -0.15) is 0 Å². The minimum Gasteiger partial charge on any atom is -0.395 e. The molecule has 0 saturated heterocycles. The van der Waals surface area contributed by atoms with Crippen LogP contribution in [-0.4, -0.2) is 23.2 Å². The molecule has 7 heteroatoms. The summed E-state index contributed by atoms with van der Waals surface area (Å²) in [7, 11) is 0. The largest absolute Gasteiger partial charge is 0.395 e. The van der Waals surface area contributed by atoms with Gasteiger partial charge in [0.1, 0.15) is 12.3 Å². The van der Waals surface area contributed by atoms with Crippen LogP contribution in [0.15, 0.2) is 10.5 Å². The van der Waals surface area contributed by atoms with Gasteiger partial charge in [-0.3, -0.25) is 4.79 Å². The molecule has 0 fully saturated rings. The number of amides is 1. The number of hydrogen-bond donors (Lipinski definition) is 2. The van der Waals surface area contributed by atoms with Crippen molar-refractivity contribution >= 4 is 28.1 Å².